The smallest absolute Gasteiger partial charge is 0.414 e. The number of ether oxygens (including phenoxy) is 1. The lowest BCUT2D eigenvalue weighted by Crippen LogP contribution is -2.23. The Morgan fingerprint density at radius 1 is 1.15 bits per heavy atom. The number of cyclic esters (lactones) is 1. The predicted octanol–water partition coefficient (Wildman–Crippen LogP) is 3.62. The molecule has 0 radical (unpaired) electrons. The number of aryl methyl sites for hydroxylation is 1. The second kappa shape index (κ2) is 7.97. The van der Waals surface area contributed by atoms with Crippen LogP contribution in [0.4, 0.5) is 16.2 Å². The van der Waals surface area contributed by atoms with Crippen molar-refractivity contribution in [3.05, 3.63) is 54.1 Å². The van der Waals surface area contributed by atoms with Gasteiger partial charge in [-0.2, -0.15) is 0 Å². The van der Waals surface area contributed by atoms with Crippen LogP contribution in [0.25, 0.3) is 0 Å². The summed E-state index contributed by atoms with van der Waals surface area (Å²) in [6.07, 6.45) is 1.22. The molecule has 8 heteroatoms. The number of hydrogen-bond donors (Lipinski definition) is 1. The van der Waals surface area contributed by atoms with Crippen molar-refractivity contribution in [3.8, 4) is 0 Å². The van der Waals surface area contributed by atoms with Crippen molar-refractivity contribution in [2.75, 3.05) is 28.7 Å². The number of benzene rings is 2. The van der Waals surface area contributed by atoms with E-state index >= 15 is 0 Å². The highest BCUT2D eigenvalue weighted by molar-refractivity contribution is 7.92. The molecule has 0 bridgehead atoms. The Morgan fingerprint density at radius 3 is 2.58 bits per heavy atom. The van der Waals surface area contributed by atoms with Crippen LogP contribution in [0.1, 0.15) is 12.0 Å². The number of nitrogens with one attached hydrogen (secondary N) is 1. The quantitative estimate of drug-likeness (QED) is 0.728. The average molecular weight is 395 g/mol. The lowest BCUT2D eigenvalue weighted by molar-refractivity contribution is 0.181. The molecule has 1 aliphatic heterocycles. The SMILES string of the molecule is O=C1OCCN1c1cccc(NS(=O)(=O)c2ccc(CCCCl)cc2)c1. The fourth-order valence-corrected chi connectivity index (χ4v) is 3.87. The van der Waals surface area contributed by atoms with Crippen LogP contribution in [0.2, 0.25) is 0 Å². The molecule has 1 N–H and O–H groups in total. The van der Waals surface area contributed by atoms with E-state index in [2.05, 4.69) is 4.72 Å². The van der Waals surface area contributed by atoms with Crippen LogP contribution in [-0.2, 0) is 21.2 Å². The van der Waals surface area contributed by atoms with E-state index in [1.54, 1.807) is 48.5 Å². The molecule has 0 aromatic heterocycles. The molecule has 0 atom stereocenters. The van der Waals surface area contributed by atoms with E-state index < -0.39 is 16.1 Å². The molecule has 0 spiro atoms. The molecule has 1 aliphatic rings. The molecule has 0 aliphatic carbocycles. The molecular weight excluding hydrogens is 376 g/mol. The largest absolute Gasteiger partial charge is 0.447 e. The molecule has 1 heterocycles. The molecule has 1 saturated heterocycles. The van der Waals surface area contributed by atoms with E-state index in [1.807, 2.05) is 0 Å². The minimum absolute atomic E-state index is 0.179. The van der Waals surface area contributed by atoms with Gasteiger partial charge in [-0.3, -0.25) is 9.62 Å². The van der Waals surface area contributed by atoms with Crippen molar-refractivity contribution in [1.82, 2.24) is 0 Å². The van der Waals surface area contributed by atoms with Gasteiger partial charge in [-0.25, -0.2) is 13.2 Å². The number of rotatable bonds is 7. The summed E-state index contributed by atoms with van der Waals surface area (Å²) in [5.41, 5.74) is 2.01. The first-order valence-electron chi connectivity index (χ1n) is 8.22. The van der Waals surface area contributed by atoms with Crippen LogP contribution in [0, 0.1) is 0 Å². The number of alkyl halides is 1. The summed E-state index contributed by atoms with van der Waals surface area (Å²) >= 11 is 5.68. The number of amides is 1. The second-order valence-corrected chi connectivity index (χ2v) is 7.92. The van der Waals surface area contributed by atoms with Gasteiger partial charge in [0.1, 0.15) is 6.61 Å². The molecule has 6 nitrogen and oxygen atoms in total. The summed E-state index contributed by atoms with van der Waals surface area (Å²) in [4.78, 5) is 13.3. The van der Waals surface area contributed by atoms with Gasteiger partial charge in [0, 0.05) is 11.6 Å². The molecule has 1 amide bonds. The molecule has 3 rings (SSSR count). The van der Waals surface area contributed by atoms with Crippen LogP contribution in [0.15, 0.2) is 53.4 Å². The minimum atomic E-state index is -3.72. The highest BCUT2D eigenvalue weighted by Crippen LogP contribution is 2.24. The molecule has 0 unspecified atom stereocenters. The Bertz CT molecular complexity index is 884. The number of halogens is 1. The Morgan fingerprint density at radius 2 is 1.92 bits per heavy atom. The van der Waals surface area contributed by atoms with Crippen molar-refractivity contribution >= 4 is 39.1 Å². The van der Waals surface area contributed by atoms with E-state index in [1.165, 1.54) is 4.90 Å². The summed E-state index contributed by atoms with van der Waals surface area (Å²) in [5.74, 6) is 0.572. The summed E-state index contributed by atoms with van der Waals surface area (Å²) in [5, 5.41) is 0. The van der Waals surface area contributed by atoms with Gasteiger partial charge in [-0.1, -0.05) is 18.2 Å². The normalized spacial score (nSPS) is 14.3. The Hall–Kier alpha value is -2.25. The van der Waals surface area contributed by atoms with Crippen molar-refractivity contribution in [1.29, 1.82) is 0 Å². The Kier molecular flexibility index (Phi) is 5.68. The van der Waals surface area contributed by atoms with Gasteiger partial charge in [0.25, 0.3) is 10.0 Å². The number of sulfonamides is 1. The lowest BCUT2D eigenvalue weighted by Gasteiger charge is -2.15. The van der Waals surface area contributed by atoms with E-state index in [0.717, 1.165) is 18.4 Å². The fourth-order valence-electron chi connectivity index (χ4n) is 2.69. The molecule has 1 fully saturated rings. The summed E-state index contributed by atoms with van der Waals surface area (Å²) in [6, 6.07) is 13.4. The van der Waals surface area contributed by atoms with Crippen LogP contribution >= 0.6 is 11.6 Å². The van der Waals surface area contributed by atoms with Crippen LogP contribution < -0.4 is 9.62 Å². The highest BCUT2D eigenvalue weighted by atomic mass is 35.5. The molecule has 0 saturated carbocycles. The number of nitrogens with zero attached hydrogens (tertiary/aromatic N) is 1. The number of hydrogen-bond acceptors (Lipinski definition) is 4. The van der Waals surface area contributed by atoms with Crippen molar-refractivity contribution in [2.24, 2.45) is 0 Å². The third-order valence-electron chi connectivity index (χ3n) is 4.00. The van der Waals surface area contributed by atoms with E-state index in [0.29, 0.717) is 30.4 Å². The minimum Gasteiger partial charge on any atom is -0.447 e. The zero-order valence-electron chi connectivity index (χ0n) is 14.0. The van der Waals surface area contributed by atoms with Gasteiger partial charge in [-0.15, -0.1) is 11.6 Å². The Balaban J connectivity index is 1.76. The van der Waals surface area contributed by atoms with E-state index in [9.17, 15) is 13.2 Å². The van der Waals surface area contributed by atoms with Crippen LogP contribution in [0.3, 0.4) is 0 Å². The maximum absolute atomic E-state index is 12.6. The van der Waals surface area contributed by atoms with Crippen LogP contribution in [-0.4, -0.2) is 33.5 Å². The van der Waals surface area contributed by atoms with Crippen molar-refractivity contribution in [3.63, 3.8) is 0 Å². The van der Waals surface area contributed by atoms with Crippen LogP contribution in [0.5, 0.6) is 0 Å². The average Bonchev–Trinajstić information content (AvgIpc) is 3.06. The number of carbonyl (C=O) groups is 1. The molecule has 138 valence electrons. The van der Waals surface area contributed by atoms with Gasteiger partial charge in [0.2, 0.25) is 0 Å². The number of carbonyl (C=O) groups excluding carboxylic acids is 1. The first-order valence-corrected chi connectivity index (χ1v) is 10.2. The molecular formula is C18H19ClN2O4S. The number of anilines is 2. The van der Waals surface area contributed by atoms with Gasteiger partial charge in [0.05, 0.1) is 17.1 Å². The maximum Gasteiger partial charge on any atom is 0.414 e. The van der Waals surface area contributed by atoms with Gasteiger partial charge in [-0.05, 0) is 48.7 Å². The van der Waals surface area contributed by atoms with Crippen molar-refractivity contribution in [2.45, 2.75) is 17.7 Å². The first-order chi connectivity index (χ1) is 12.5. The standard InChI is InChI=1S/C18H19ClN2O4S/c19-10-2-3-14-6-8-17(9-7-14)26(23,24)20-15-4-1-5-16(13-15)21-11-12-25-18(21)22/h1,4-9,13,20H,2-3,10-12H2. The molecule has 2 aromatic carbocycles. The van der Waals surface area contributed by atoms with Gasteiger partial charge in [0.15, 0.2) is 0 Å². The summed E-state index contributed by atoms with van der Waals surface area (Å²) in [7, 11) is -3.72. The lowest BCUT2D eigenvalue weighted by atomic mass is 10.1. The molecule has 26 heavy (non-hydrogen) atoms. The summed E-state index contributed by atoms with van der Waals surface area (Å²) in [6.45, 7) is 0.768. The monoisotopic (exact) mass is 394 g/mol. The van der Waals surface area contributed by atoms with Gasteiger partial charge >= 0.3 is 6.09 Å². The first kappa shape index (κ1) is 18.5. The second-order valence-electron chi connectivity index (χ2n) is 5.86. The fraction of sp³-hybridized carbons (Fsp3) is 0.278. The Labute approximate surface area is 157 Å². The zero-order chi connectivity index (χ0) is 18.6. The maximum atomic E-state index is 12.6. The summed E-state index contributed by atoms with van der Waals surface area (Å²) < 4.78 is 32.6. The third-order valence-corrected chi connectivity index (χ3v) is 5.67. The van der Waals surface area contributed by atoms with Gasteiger partial charge < -0.3 is 4.74 Å². The third kappa shape index (κ3) is 4.28. The highest BCUT2D eigenvalue weighted by Gasteiger charge is 2.24. The topological polar surface area (TPSA) is 75.7 Å². The van der Waals surface area contributed by atoms with E-state index in [-0.39, 0.29) is 4.90 Å². The predicted molar refractivity (Wildman–Crippen MR) is 101 cm³/mol. The zero-order valence-corrected chi connectivity index (χ0v) is 15.6. The van der Waals surface area contributed by atoms with E-state index in [4.69, 9.17) is 16.3 Å². The molecule has 2 aromatic rings. The van der Waals surface area contributed by atoms with Crippen molar-refractivity contribution < 1.29 is 17.9 Å².